The van der Waals surface area contributed by atoms with E-state index in [2.05, 4.69) is 20.9 Å². The minimum Gasteiger partial charge on any atom is -0.370 e. The molecule has 146 valence electrons. The van der Waals surface area contributed by atoms with E-state index in [1.807, 2.05) is 0 Å². The molecule has 0 aliphatic carbocycles. The number of carbonyl (C=O) groups is 1. The Labute approximate surface area is 160 Å². The van der Waals surface area contributed by atoms with Crippen molar-refractivity contribution in [3.8, 4) is 0 Å². The molecule has 0 saturated heterocycles. The summed E-state index contributed by atoms with van der Waals surface area (Å²) in [4.78, 5) is 16.5. The van der Waals surface area contributed by atoms with Gasteiger partial charge in [-0.1, -0.05) is 11.6 Å². The molecular weight excluding hydrogens is 381 g/mol. The number of amides is 2. The highest BCUT2D eigenvalue weighted by molar-refractivity contribution is 6.31. The summed E-state index contributed by atoms with van der Waals surface area (Å²) < 4.78 is 38.6. The molecule has 2 aliphatic heterocycles. The van der Waals surface area contributed by atoms with Crippen LogP contribution in [0.25, 0.3) is 0 Å². The number of carbonyl (C=O) groups excluding carboxylic acids is 1. The van der Waals surface area contributed by atoms with Gasteiger partial charge in [-0.25, -0.2) is 9.79 Å². The molecule has 0 aromatic heterocycles. The number of nitrogens with zero attached hydrogens (tertiary/aromatic N) is 1. The maximum Gasteiger partial charge on any atom is 0.417 e. The van der Waals surface area contributed by atoms with Crippen molar-refractivity contribution >= 4 is 29.0 Å². The van der Waals surface area contributed by atoms with Gasteiger partial charge in [0.1, 0.15) is 5.82 Å². The van der Waals surface area contributed by atoms with E-state index >= 15 is 0 Å². The molecule has 2 aliphatic rings. The minimum absolute atomic E-state index is 0.0282. The van der Waals surface area contributed by atoms with Gasteiger partial charge in [0.25, 0.3) is 0 Å². The maximum absolute atomic E-state index is 12.9. The lowest BCUT2D eigenvalue weighted by atomic mass is 9.97. The van der Waals surface area contributed by atoms with Crippen molar-refractivity contribution in [1.82, 2.24) is 10.6 Å². The molecule has 2 amide bonds. The Morgan fingerprint density at radius 3 is 2.85 bits per heavy atom. The van der Waals surface area contributed by atoms with Gasteiger partial charge in [0.15, 0.2) is 0 Å². The third-order valence-electron chi connectivity index (χ3n) is 4.50. The zero-order chi connectivity index (χ0) is 19.4. The number of hydrogen-bond donors (Lipinski definition) is 3. The number of benzene rings is 1. The lowest BCUT2D eigenvalue weighted by molar-refractivity contribution is -0.137. The van der Waals surface area contributed by atoms with Crippen LogP contribution in [0.3, 0.4) is 0 Å². The summed E-state index contributed by atoms with van der Waals surface area (Å²) in [6.07, 6.45) is 0.0899. The first-order chi connectivity index (χ1) is 12.8. The molecule has 0 atom stereocenters. The van der Waals surface area contributed by atoms with Crippen LogP contribution in [0.15, 0.2) is 34.6 Å². The number of urea groups is 1. The molecule has 27 heavy (non-hydrogen) atoms. The highest BCUT2D eigenvalue weighted by atomic mass is 35.5. The Kier molecular flexibility index (Phi) is 5.94. The molecule has 3 N–H and O–H groups in total. The van der Waals surface area contributed by atoms with Crippen molar-refractivity contribution in [2.24, 2.45) is 4.99 Å². The second kappa shape index (κ2) is 8.21. The van der Waals surface area contributed by atoms with E-state index in [1.54, 1.807) is 0 Å². The largest absolute Gasteiger partial charge is 0.417 e. The van der Waals surface area contributed by atoms with Crippen molar-refractivity contribution < 1.29 is 18.0 Å². The van der Waals surface area contributed by atoms with Gasteiger partial charge in [0, 0.05) is 30.9 Å². The monoisotopic (exact) mass is 400 g/mol. The zero-order valence-electron chi connectivity index (χ0n) is 14.5. The third-order valence-corrected chi connectivity index (χ3v) is 4.83. The van der Waals surface area contributed by atoms with Gasteiger partial charge in [0.2, 0.25) is 0 Å². The second-order valence-corrected chi connectivity index (χ2v) is 6.89. The van der Waals surface area contributed by atoms with Gasteiger partial charge in [-0.05, 0) is 49.5 Å². The minimum atomic E-state index is -4.58. The van der Waals surface area contributed by atoms with Gasteiger partial charge in [-0.15, -0.1) is 0 Å². The van der Waals surface area contributed by atoms with E-state index in [0.29, 0.717) is 13.0 Å². The highest BCUT2D eigenvalue weighted by Gasteiger charge is 2.33. The average molecular weight is 401 g/mol. The van der Waals surface area contributed by atoms with E-state index in [4.69, 9.17) is 11.6 Å². The fourth-order valence-corrected chi connectivity index (χ4v) is 3.34. The van der Waals surface area contributed by atoms with Crippen LogP contribution >= 0.6 is 11.6 Å². The number of anilines is 1. The molecule has 0 spiro atoms. The Morgan fingerprint density at radius 1 is 1.26 bits per heavy atom. The first-order valence-electron chi connectivity index (χ1n) is 8.77. The topological polar surface area (TPSA) is 65.5 Å². The maximum atomic E-state index is 12.9. The molecule has 1 aromatic carbocycles. The molecule has 5 nitrogen and oxygen atoms in total. The van der Waals surface area contributed by atoms with Crippen LogP contribution in [0.4, 0.5) is 23.7 Å². The smallest absolute Gasteiger partial charge is 0.370 e. The molecule has 9 heteroatoms. The Balaban J connectivity index is 1.51. The number of rotatable bonds is 4. The molecule has 1 aromatic rings. The van der Waals surface area contributed by atoms with Crippen molar-refractivity contribution in [3.05, 3.63) is 40.2 Å². The standard InChI is InChI=1S/C18H20ClF3N4O/c19-15-6-5-13(10-14(15)18(20,21)22)26-17(27)24-9-7-12-4-3-11-2-1-8-23-16(11)25-12/h5-6,10,23H,1-4,7-9H2,(H2,24,26,27). The molecule has 0 bridgehead atoms. The van der Waals surface area contributed by atoms with Crippen LogP contribution in [-0.2, 0) is 6.18 Å². The predicted molar refractivity (Wildman–Crippen MR) is 99.0 cm³/mol. The fraction of sp³-hybridized carbons (Fsp3) is 0.444. The Bertz CT molecular complexity index is 789. The normalized spacial score (nSPS) is 17.0. The molecule has 2 heterocycles. The highest BCUT2D eigenvalue weighted by Crippen LogP contribution is 2.36. The molecule has 0 saturated carbocycles. The number of nitrogens with one attached hydrogen (secondary N) is 3. The van der Waals surface area contributed by atoms with Crippen LogP contribution < -0.4 is 16.0 Å². The van der Waals surface area contributed by atoms with Crippen molar-refractivity contribution in [1.29, 1.82) is 0 Å². The Hall–Kier alpha value is -2.22. The van der Waals surface area contributed by atoms with Crippen molar-refractivity contribution in [3.63, 3.8) is 0 Å². The number of allylic oxidation sites excluding steroid dienone is 1. The van der Waals surface area contributed by atoms with Gasteiger partial charge in [-0.2, -0.15) is 13.2 Å². The quantitative estimate of drug-likeness (QED) is 0.685. The van der Waals surface area contributed by atoms with E-state index in [1.165, 1.54) is 11.6 Å². The van der Waals surface area contributed by atoms with E-state index < -0.39 is 22.8 Å². The number of aliphatic imine (C=N–C) groups is 1. The fourth-order valence-electron chi connectivity index (χ4n) is 3.12. The van der Waals surface area contributed by atoms with Crippen LogP contribution in [-0.4, -0.2) is 24.8 Å². The summed E-state index contributed by atoms with van der Waals surface area (Å²) in [6.45, 7) is 1.28. The second-order valence-electron chi connectivity index (χ2n) is 6.48. The first-order valence-corrected chi connectivity index (χ1v) is 9.14. The summed E-state index contributed by atoms with van der Waals surface area (Å²) in [6, 6.07) is 2.68. The summed E-state index contributed by atoms with van der Waals surface area (Å²) in [5.74, 6) is 0.966. The van der Waals surface area contributed by atoms with E-state index in [-0.39, 0.29) is 5.69 Å². The third kappa shape index (κ3) is 5.15. The Morgan fingerprint density at radius 2 is 2.07 bits per heavy atom. The van der Waals surface area contributed by atoms with Crippen molar-refractivity contribution in [2.45, 2.75) is 38.3 Å². The van der Waals surface area contributed by atoms with Gasteiger partial charge >= 0.3 is 12.2 Å². The van der Waals surface area contributed by atoms with Crippen LogP contribution in [0.5, 0.6) is 0 Å². The lowest BCUT2D eigenvalue weighted by Crippen LogP contribution is -2.31. The number of alkyl halides is 3. The van der Waals surface area contributed by atoms with Gasteiger partial charge in [0.05, 0.1) is 10.6 Å². The molecule has 0 fully saturated rings. The first kappa shape index (κ1) is 19.5. The van der Waals surface area contributed by atoms with Gasteiger partial charge in [-0.3, -0.25) is 0 Å². The van der Waals surface area contributed by atoms with Crippen LogP contribution in [0.2, 0.25) is 5.02 Å². The van der Waals surface area contributed by atoms with Crippen molar-refractivity contribution in [2.75, 3.05) is 18.4 Å². The molecule has 0 unspecified atom stereocenters. The molecular formula is C18H20ClF3N4O. The predicted octanol–water partition coefficient (Wildman–Crippen LogP) is 4.70. The summed E-state index contributed by atoms with van der Waals surface area (Å²) in [5.41, 5.74) is 1.41. The molecule has 0 radical (unpaired) electrons. The van der Waals surface area contributed by atoms with Crippen LogP contribution in [0, 0.1) is 0 Å². The number of halogens is 4. The summed E-state index contributed by atoms with van der Waals surface area (Å²) in [5, 5.41) is 7.92. The SMILES string of the molecule is O=C(NCCC1=NC2=C(CCCN2)CC1)Nc1ccc(Cl)c(C(F)(F)F)c1. The molecule has 3 rings (SSSR count). The van der Waals surface area contributed by atoms with E-state index in [0.717, 1.165) is 55.9 Å². The van der Waals surface area contributed by atoms with Crippen LogP contribution in [0.1, 0.15) is 37.7 Å². The number of hydrogen-bond acceptors (Lipinski definition) is 3. The van der Waals surface area contributed by atoms with E-state index in [9.17, 15) is 18.0 Å². The lowest BCUT2D eigenvalue weighted by Gasteiger charge is -2.24. The average Bonchev–Trinajstić information content (AvgIpc) is 2.62. The zero-order valence-corrected chi connectivity index (χ0v) is 15.3. The summed E-state index contributed by atoms with van der Waals surface area (Å²) in [7, 11) is 0. The summed E-state index contributed by atoms with van der Waals surface area (Å²) >= 11 is 5.57. The van der Waals surface area contributed by atoms with Gasteiger partial charge < -0.3 is 16.0 Å².